The molecule has 1 aliphatic heterocycles. The highest BCUT2D eigenvalue weighted by molar-refractivity contribution is 7.00. The SMILES string of the molecule is COc1ccc2c(c1)CCN(Cc1ccc3nsnc3c1)C(C)C2. The van der Waals surface area contributed by atoms with Crippen molar-refractivity contribution >= 4 is 22.8 Å². The van der Waals surface area contributed by atoms with Gasteiger partial charge >= 0.3 is 0 Å². The van der Waals surface area contributed by atoms with E-state index in [9.17, 15) is 0 Å². The van der Waals surface area contributed by atoms with E-state index in [0.717, 1.165) is 42.7 Å². The van der Waals surface area contributed by atoms with Gasteiger partial charge in [0.15, 0.2) is 0 Å². The van der Waals surface area contributed by atoms with Gasteiger partial charge in [-0.25, -0.2) is 0 Å². The Kier molecular flexibility index (Phi) is 4.21. The molecule has 0 saturated heterocycles. The number of ether oxygens (including phenoxy) is 1. The van der Waals surface area contributed by atoms with Crippen LogP contribution < -0.4 is 4.74 Å². The van der Waals surface area contributed by atoms with Crippen LogP contribution in [0, 0.1) is 0 Å². The first kappa shape index (κ1) is 15.5. The summed E-state index contributed by atoms with van der Waals surface area (Å²) in [6.07, 6.45) is 2.15. The molecule has 0 radical (unpaired) electrons. The number of benzene rings is 2. The fourth-order valence-electron chi connectivity index (χ4n) is 3.49. The first-order valence-corrected chi connectivity index (χ1v) is 9.07. The summed E-state index contributed by atoms with van der Waals surface area (Å²) in [7, 11) is 1.73. The van der Waals surface area contributed by atoms with Gasteiger partial charge < -0.3 is 4.74 Å². The second kappa shape index (κ2) is 6.49. The molecule has 124 valence electrons. The summed E-state index contributed by atoms with van der Waals surface area (Å²) in [5.74, 6) is 0.955. The van der Waals surface area contributed by atoms with E-state index in [1.807, 2.05) is 0 Å². The van der Waals surface area contributed by atoms with E-state index in [0.29, 0.717) is 6.04 Å². The van der Waals surface area contributed by atoms with Gasteiger partial charge in [0.05, 0.1) is 18.8 Å². The van der Waals surface area contributed by atoms with Gasteiger partial charge in [0.1, 0.15) is 16.8 Å². The van der Waals surface area contributed by atoms with Crippen LogP contribution in [0.4, 0.5) is 0 Å². The third-order valence-corrected chi connectivity index (χ3v) is 5.48. The van der Waals surface area contributed by atoms with Crippen LogP contribution >= 0.6 is 11.7 Å². The quantitative estimate of drug-likeness (QED) is 0.729. The minimum Gasteiger partial charge on any atom is -0.497 e. The fraction of sp³-hybridized carbons (Fsp3) is 0.368. The zero-order chi connectivity index (χ0) is 16.5. The number of aromatic nitrogens is 2. The molecule has 0 fully saturated rings. The molecule has 0 amide bonds. The minimum atomic E-state index is 0.518. The predicted molar refractivity (Wildman–Crippen MR) is 97.7 cm³/mol. The van der Waals surface area contributed by atoms with Crippen LogP contribution in [0.1, 0.15) is 23.6 Å². The molecular weight excluding hydrogens is 318 g/mol. The molecule has 5 heteroatoms. The fourth-order valence-corrected chi connectivity index (χ4v) is 4.01. The molecule has 1 aliphatic rings. The Bertz CT molecular complexity index is 861. The van der Waals surface area contributed by atoms with Crippen LogP contribution in [0.15, 0.2) is 36.4 Å². The average Bonchev–Trinajstić information content (AvgIpc) is 3.01. The summed E-state index contributed by atoms with van der Waals surface area (Å²) in [5.41, 5.74) is 6.18. The summed E-state index contributed by atoms with van der Waals surface area (Å²) in [6.45, 7) is 4.34. The lowest BCUT2D eigenvalue weighted by molar-refractivity contribution is 0.208. The van der Waals surface area contributed by atoms with E-state index in [4.69, 9.17) is 4.74 Å². The van der Waals surface area contributed by atoms with Crippen LogP contribution in [-0.2, 0) is 19.4 Å². The number of rotatable bonds is 3. The molecule has 4 rings (SSSR count). The van der Waals surface area contributed by atoms with E-state index in [2.05, 4.69) is 57.0 Å². The minimum absolute atomic E-state index is 0.518. The summed E-state index contributed by atoms with van der Waals surface area (Å²) < 4.78 is 14.0. The topological polar surface area (TPSA) is 38.2 Å². The van der Waals surface area contributed by atoms with Crippen molar-refractivity contribution in [1.29, 1.82) is 0 Å². The Morgan fingerprint density at radius 1 is 1.12 bits per heavy atom. The molecule has 0 aliphatic carbocycles. The maximum atomic E-state index is 5.38. The van der Waals surface area contributed by atoms with Gasteiger partial charge in [0, 0.05) is 19.1 Å². The molecule has 1 unspecified atom stereocenters. The Morgan fingerprint density at radius 3 is 2.88 bits per heavy atom. The van der Waals surface area contributed by atoms with Crippen molar-refractivity contribution < 1.29 is 4.74 Å². The van der Waals surface area contributed by atoms with Crippen LogP contribution in [0.2, 0.25) is 0 Å². The van der Waals surface area contributed by atoms with E-state index >= 15 is 0 Å². The van der Waals surface area contributed by atoms with Gasteiger partial charge in [-0.05, 0) is 60.7 Å². The van der Waals surface area contributed by atoms with Crippen molar-refractivity contribution in [1.82, 2.24) is 13.6 Å². The largest absolute Gasteiger partial charge is 0.497 e. The highest BCUT2D eigenvalue weighted by Gasteiger charge is 2.21. The molecule has 0 N–H and O–H groups in total. The molecule has 0 bridgehead atoms. The Balaban J connectivity index is 1.54. The van der Waals surface area contributed by atoms with Crippen LogP contribution in [0.5, 0.6) is 5.75 Å². The molecular formula is C19H21N3OS. The third-order valence-electron chi connectivity index (χ3n) is 4.92. The second-order valence-electron chi connectivity index (χ2n) is 6.50. The summed E-state index contributed by atoms with van der Waals surface area (Å²) in [5, 5.41) is 0. The van der Waals surface area contributed by atoms with E-state index in [-0.39, 0.29) is 0 Å². The smallest absolute Gasteiger partial charge is 0.119 e. The summed E-state index contributed by atoms with van der Waals surface area (Å²) in [4.78, 5) is 2.56. The summed E-state index contributed by atoms with van der Waals surface area (Å²) >= 11 is 1.28. The Hall–Kier alpha value is -1.98. The first-order chi connectivity index (χ1) is 11.7. The first-order valence-electron chi connectivity index (χ1n) is 8.34. The average molecular weight is 339 g/mol. The lowest BCUT2D eigenvalue weighted by Crippen LogP contribution is -2.33. The van der Waals surface area contributed by atoms with Gasteiger partial charge in [-0.2, -0.15) is 8.75 Å². The number of nitrogens with zero attached hydrogens (tertiary/aromatic N) is 3. The van der Waals surface area contributed by atoms with Crippen molar-refractivity contribution in [2.75, 3.05) is 13.7 Å². The molecule has 1 atom stereocenters. The number of fused-ring (bicyclic) bond motifs is 2. The predicted octanol–water partition coefficient (Wildman–Crippen LogP) is 3.69. The van der Waals surface area contributed by atoms with Gasteiger partial charge in [0.2, 0.25) is 0 Å². The Labute approximate surface area is 146 Å². The van der Waals surface area contributed by atoms with Crippen molar-refractivity contribution in [3.63, 3.8) is 0 Å². The molecule has 3 aromatic rings. The highest BCUT2D eigenvalue weighted by atomic mass is 32.1. The van der Waals surface area contributed by atoms with Crippen LogP contribution in [0.3, 0.4) is 0 Å². The zero-order valence-electron chi connectivity index (χ0n) is 14.0. The molecule has 1 aromatic heterocycles. The van der Waals surface area contributed by atoms with E-state index < -0.39 is 0 Å². The van der Waals surface area contributed by atoms with Crippen molar-refractivity contribution in [3.8, 4) is 5.75 Å². The van der Waals surface area contributed by atoms with Crippen molar-refractivity contribution in [3.05, 3.63) is 53.1 Å². The highest BCUT2D eigenvalue weighted by Crippen LogP contribution is 2.25. The molecule has 0 saturated carbocycles. The third kappa shape index (κ3) is 3.01. The normalized spacial score (nSPS) is 18.3. The van der Waals surface area contributed by atoms with Gasteiger partial charge in [0.25, 0.3) is 0 Å². The molecule has 4 nitrogen and oxygen atoms in total. The van der Waals surface area contributed by atoms with Crippen molar-refractivity contribution in [2.45, 2.75) is 32.4 Å². The van der Waals surface area contributed by atoms with E-state index in [1.54, 1.807) is 7.11 Å². The Morgan fingerprint density at radius 2 is 2.00 bits per heavy atom. The van der Waals surface area contributed by atoms with Crippen molar-refractivity contribution in [2.24, 2.45) is 0 Å². The lowest BCUT2D eigenvalue weighted by Gasteiger charge is -2.27. The number of methoxy groups -OCH3 is 1. The maximum absolute atomic E-state index is 5.38. The van der Waals surface area contributed by atoms with Crippen LogP contribution in [0.25, 0.3) is 11.0 Å². The van der Waals surface area contributed by atoms with Gasteiger partial charge in [-0.3, -0.25) is 4.90 Å². The number of hydrogen-bond donors (Lipinski definition) is 0. The van der Waals surface area contributed by atoms with Crippen LogP contribution in [-0.4, -0.2) is 33.3 Å². The number of hydrogen-bond acceptors (Lipinski definition) is 5. The maximum Gasteiger partial charge on any atom is 0.119 e. The lowest BCUT2D eigenvalue weighted by atomic mass is 10.0. The monoisotopic (exact) mass is 339 g/mol. The molecule has 0 spiro atoms. The summed E-state index contributed by atoms with van der Waals surface area (Å²) in [6, 6.07) is 13.4. The van der Waals surface area contributed by atoms with Gasteiger partial charge in [-0.15, -0.1) is 0 Å². The van der Waals surface area contributed by atoms with Gasteiger partial charge in [-0.1, -0.05) is 12.1 Å². The van der Waals surface area contributed by atoms with E-state index in [1.165, 1.54) is 28.4 Å². The molecule has 2 aromatic carbocycles. The molecule has 2 heterocycles. The molecule has 24 heavy (non-hydrogen) atoms. The standard InChI is InChI=1S/C19H21N3OS/c1-13-9-15-4-5-17(23-2)11-16(15)7-8-22(13)12-14-3-6-18-19(10-14)21-24-20-18/h3-6,10-11,13H,7-9,12H2,1-2H3. The zero-order valence-corrected chi connectivity index (χ0v) is 14.8. The second-order valence-corrected chi connectivity index (χ2v) is 7.02.